The number of benzene rings is 1. The predicted molar refractivity (Wildman–Crippen MR) is 73.9 cm³/mol. The van der Waals surface area contributed by atoms with Crippen molar-refractivity contribution in [1.29, 1.82) is 0 Å². The first-order valence-corrected chi connectivity index (χ1v) is 6.21. The van der Waals surface area contributed by atoms with Crippen molar-refractivity contribution in [2.45, 2.75) is 33.2 Å². The van der Waals surface area contributed by atoms with E-state index in [-0.39, 0.29) is 11.5 Å². The Hall–Kier alpha value is -1.48. The second-order valence-electron chi connectivity index (χ2n) is 5.80. The van der Waals surface area contributed by atoms with E-state index < -0.39 is 0 Å². The van der Waals surface area contributed by atoms with Crippen LogP contribution in [0.25, 0.3) is 11.0 Å². The molecule has 0 saturated carbocycles. The van der Waals surface area contributed by atoms with Gasteiger partial charge in [0.2, 0.25) is 0 Å². The maximum absolute atomic E-state index is 6.22. The molecule has 1 aromatic heterocycles. The molecule has 0 fully saturated rings. The first-order chi connectivity index (χ1) is 8.41. The molecule has 98 valence electrons. The summed E-state index contributed by atoms with van der Waals surface area (Å²) in [5, 5.41) is 1.12. The standard InChI is InChI=1S/C15H21NO2/c1-15(2,3)14(16)7-10-9-18-13-8-11(17-4)5-6-12(10)13/h5-6,8-9,14H,7,16H2,1-4H3/t14-/m0/s1. The lowest BCUT2D eigenvalue weighted by Gasteiger charge is -2.26. The van der Waals surface area contributed by atoms with Crippen LogP contribution in [0.2, 0.25) is 0 Å². The van der Waals surface area contributed by atoms with Crippen LogP contribution < -0.4 is 10.5 Å². The lowest BCUT2D eigenvalue weighted by atomic mass is 9.84. The van der Waals surface area contributed by atoms with E-state index in [1.165, 1.54) is 0 Å². The molecular weight excluding hydrogens is 226 g/mol. The smallest absolute Gasteiger partial charge is 0.137 e. The van der Waals surface area contributed by atoms with E-state index in [2.05, 4.69) is 20.8 Å². The van der Waals surface area contributed by atoms with Crippen molar-refractivity contribution < 1.29 is 9.15 Å². The summed E-state index contributed by atoms with van der Waals surface area (Å²) >= 11 is 0. The van der Waals surface area contributed by atoms with Gasteiger partial charge in [0, 0.05) is 17.5 Å². The number of hydrogen-bond acceptors (Lipinski definition) is 3. The molecular formula is C15H21NO2. The van der Waals surface area contributed by atoms with Crippen LogP contribution in [0, 0.1) is 5.41 Å². The summed E-state index contributed by atoms with van der Waals surface area (Å²) in [6.07, 6.45) is 2.62. The van der Waals surface area contributed by atoms with Gasteiger partial charge in [0.05, 0.1) is 13.4 Å². The largest absolute Gasteiger partial charge is 0.497 e. The van der Waals surface area contributed by atoms with Crippen LogP contribution in [0.5, 0.6) is 5.75 Å². The molecule has 1 heterocycles. The molecule has 0 radical (unpaired) electrons. The number of fused-ring (bicyclic) bond motifs is 1. The summed E-state index contributed by atoms with van der Waals surface area (Å²) in [6.45, 7) is 6.47. The first kappa shape index (κ1) is 13.0. The molecule has 0 aliphatic rings. The Morgan fingerprint density at radius 3 is 2.67 bits per heavy atom. The van der Waals surface area contributed by atoms with Gasteiger partial charge in [-0.15, -0.1) is 0 Å². The highest BCUT2D eigenvalue weighted by Gasteiger charge is 2.22. The molecule has 0 amide bonds. The highest BCUT2D eigenvalue weighted by Crippen LogP contribution is 2.28. The topological polar surface area (TPSA) is 48.4 Å². The molecule has 0 saturated heterocycles. The van der Waals surface area contributed by atoms with Crippen molar-refractivity contribution in [2.75, 3.05) is 7.11 Å². The molecule has 2 aromatic rings. The summed E-state index contributed by atoms with van der Waals surface area (Å²) in [5.74, 6) is 0.809. The molecule has 0 aliphatic carbocycles. The van der Waals surface area contributed by atoms with Gasteiger partial charge in [0.15, 0.2) is 0 Å². The van der Waals surface area contributed by atoms with E-state index in [1.807, 2.05) is 18.2 Å². The van der Waals surface area contributed by atoms with Gasteiger partial charge in [-0.05, 0) is 29.5 Å². The zero-order valence-electron chi connectivity index (χ0n) is 11.5. The fourth-order valence-electron chi connectivity index (χ4n) is 1.89. The Kier molecular flexibility index (Phi) is 3.35. The van der Waals surface area contributed by atoms with E-state index >= 15 is 0 Å². The lowest BCUT2D eigenvalue weighted by molar-refractivity contribution is 0.318. The van der Waals surface area contributed by atoms with Crippen molar-refractivity contribution in [3.05, 3.63) is 30.0 Å². The molecule has 0 unspecified atom stereocenters. The average Bonchev–Trinajstić information content (AvgIpc) is 2.70. The third-order valence-corrected chi connectivity index (χ3v) is 3.42. The second-order valence-corrected chi connectivity index (χ2v) is 5.80. The SMILES string of the molecule is COc1ccc2c(C[C@H](N)C(C)(C)C)coc2c1. The molecule has 18 heavy (non-hydrogen) atoms. The first-order valence-electron chi connectivity index (χ1n) is 6.21. The van der Waals surface area contributed by atoms with Crippen LogP contribution in [-0.4, -0.2) is 13.2 Å². The number of furan rings is 1. The van der Waals surface area contributed by atoms with Crippen LogP contribution in [0.4, 0.5) is 0 Å². The Morgan fingerprint density at radius 1 is 1.33 bits per heavy atom. The van der Waals surface area contributed by atoms with Crippen molar-refractivity contribution >= 4 is 11.0 Å². The van der Waals surface area contributed by atoms with Crippen LogP contribution >= 0.6 is 0 Å². The average molecular weight is 247 g/mol. The van der Waals surface area contributed by atoms with Crippen LogP contribution in [0.1, 0.15) is 26.3 Å². The van der Waals surface area contributed by atoms with Crippen molar-refractivity contribution in [2.24, 2.45) is 11.1 Å². The molecule has 0 bridgehead atoms. The minimum Gasteiger partial charge on any atom is -0.497 e. The third-order valence-electron chi connectivity index (χ3n) is 3.42. The molecule has 3 nitrogen and oxygen atoms in total. The Bertz CT molecular complexity index is 537. The molecule has 3 heteroatoms. The minimum absolute atomic E-state index is 0.0933. The Balaban J connectivity index is 2.30. The molecule has 0 spiro atoms. The number of rotatable bonds is 3. The van der Waals surface area contributed by atoms with Crippen LogP contribution in [-0.2, 0) is 6.42 Å². The maximum atomic E-state index is 6.22. The van der Waals surface area contributed by atoms with Gasteiger partial charge in [-0.1, -0.05) is 20.8 Å². The predicted octanol–water partition coefficient (Wildman–Crippen LogP) is 3.36. The summed E-state index contributed by atoms with van der Waals surface area (Å²) in [6, 6.07) is 5.99. The zero-order chi connectivity index (χ0) is 13.3. The quantitative estimate of drug-likeness (QED) is 0.904. The van der Waals surface area contributed by atoms with Gasteiger partial charge in [0.25, 0.3) is 0 Å². The van der Waals surface area contributed by atoms with Crippen molar-refractivity contribution in [1.82, 2.24) is 0 Å². The third kappa shape index (κ3) is 2.51. The van der Waals surface area contributed by atoms with E-state index in [9.17, 15) is 0 Å². The summed E-state index contributed by atoms with van der Waals surface area (Å²) in [4.78, 5) is 0. The fraction of sp³-hybridized carbons (Fsp3) is 0.467. The van der Waals surface area contributed by atoms with E-state index in [0.717, 1.165) is 28.7 Å². The molecule has 2 N–H and O–H groups in total. The van der Waals surface area contributed by atoms with Gasteiger partial charge >= 0.3 is 0 Å². The fourth-order valence-corrected chi connectivity index (χ4v) is 1.89. The molecule has 1 atom stereocenters. The lowest BCUT2D eigenvalue weighted by Crippen LogP contribution is -2.36. The van der Waals surface area contributed by atoms with Crippen molar-refractivity contribution in [3.63, 3.8) is 0 Å². The molecule has 1 aromatic carbocycles. The number of ether oxygens (including phenoxy) is 1. The van der Waals surface area contributed by atoms with E-state index in [4.69, 9.17) is 14.9 Å². The van der Waals surface area contributed by atoms with Gasteiger partial charge in [-0.25, -0.2) is 0 Å². The van der Waals surface area contributed by atoms with Crippen LogP contribution in [0.3, 0.4) is 0 Å². The van der Waals surface area contributed by atoms with Gasteiger partial charge < -0.3 is 14.9 Å². The Morgan fingerprint density at radius 2 is 2.06 bits per heavy atom. The second kappa shape index (κ2) is 4.65. The summed E-state index contributed by atoms with van der Waals surface area (Å²) in [7, 11) is 1.65. The van der Waals surface area contributed by atoms with Gasteiger partial charge in [-0.3, -0.25) is 0 Å². The van der Waals surface area contributed by atoms with E-state index in [0.29, 0.717) is 0 Å². The van der Waals surface area contributed by atoms with Crippen LogP contribution in [0.15, 0.2) is 28.9 Å². The zero-order valence-corrected chi connectivity index (χ0v) is 11.5. The number of nitrogens with two attached hydrogens (primary N) is 1. The number of hydrogen-bond donors (Lipinski definition) is 1. The number of methoxy groups -OCH3 is 1. The monoisotopic (exact) mass is 247 g/mol. The molecule has 0 aliphatic heterocycles. The van der Waals surface area contributed by atoms with Gasteiger partial charge in [-0.2, -0.15) is 0 Å². The molecule has 2 rings (SSSR count). The summed E-state index contributed by atoms with van der Waals surface area (Å²) in [5.41, 5.74) is 8.33. The highest BCUT2D eigenvalue weighted by molar-refractivity contribution is 5.82. The summed E-state index contributed by atoms with van der Waals surface area (Å²) < 4.78 is 10.8. The normalized spacial score (nSPS) is 13.8. The maximum Gasteiger partial charge on any atom is 0.137 e. The minimum atomic E-state index is 0.0933. The van der Waals surface area contributed by atoms with Crippen molar-refractivity contribution in [3.8, 4) is 5.75 Å². The van der Waals surface area contributed by atoms with E-state index in [1.54, 1.807) is 13.4 Å². The Labute approximate surface area is 108 Å². The van der Waals surface area contributed by atoms with Gasteiger partial charge in [0.1, 0.15) is 11.3 Å². The highest BCUT2D eigenvalue weighted by atomic mass is 16.5.